The third-order valence-corrected chi connectivity index (χ3v) is 8.67. The Bertz CT molecular complexity index is 1850. The molecule has 0 saturated carbocycles. The fraction of sp³-hybridized carbons (Fsp3) is 0.0811. The first-order valence-corrected chi connectivity index (χ1v) is 14.2. The molecule has 190 valence electrons. The maximum absolute atomic E-state index is 2.49. The second kappa shape index (κ2) is 9.17. The van der Waals surface area contributed by atoms with Gasteiger partial charge in [-0.25, -0.2) is 0 Å². The Labute approximate surface area is 235 Å². The smallest absolute Gasteiger partial charge is 0.246 e. The van der Waals surface area contributed by atoms with Crippen molar-refractivity contribution in [3.05, 3.63) is 145 Å². The summed E-state index contributed by atoms with van der Waals surface area (Å²) in [6.45, 7) is 2.51. The Morgan fingerprint density at radius 1 is 0.625 bits per heavy atom. The number of anilines is 3. The molecular formula is C37H29BN2. The highest BCUT2D eigenvalue weighted by atomic mass is 15.1. The largest absolute Gasteiger partial charge is 0.313 e. The van der Waals surface area contributed by atoms with Gasteiger partial charge in [-0.1, -0.05) is 109 Å². The summed E-state index contributed by atoms with van der Waals surface area (Å²) in [6.07, 6.45) is 5.72. The zero-order chi connectivity index (χ0) is 26.6. The summed E-state index contributed by atoms with van der Waals surface area (Å²) in [5.74, 6) is 0.480. The minimum atomic E-state index is 0.165. The lowest BCUT2D eigenvalue weighted by molar-refractivity contribution is 0.723. The van der Waals surface area contributed by atoms with Gasteiger partial charge in [0.1, 0.15) is 0 Å². The van der Waals surface area contributed by atoms with Crippen LogP contribution in [0.1, 0.15) is 30.5 Å². The van der Waals surface area contributed by atoms with Crippen molar-refractivity contribution in [1.82, 2.24) is 4.57 Å². The molecule has 2 heterocycles. The van der Waals surface area contributed by atoms with Crippen LogP contribution in [0.25, 0.3) is 22.7 Å². The van der Waals surface area contributed by atoms with E-state index in [-0.39, 0.29) is 6.71 Å². The summed E-state index contributed by atoms with van der Waals surface area (Å²) in [5.41, 5.74) is 13.0. The molecule has 1 aliphatic heterocycles. The normalized spacial score (nSPS) is 15.6. The zero-order valence-electron chi connectivity index (χ0n) is 22.5. The number of hydrogen-bond donors (Lipinski definition) is 0. The fourth-order valence-electron chi connectivity index (χ4n) is 6.92. The van der Waals surface area contributed by atoms with Crippen molar-refractivity contribution >= 4 is 57.1 Å². The molecule has 1 aromatic heterocycles. The topological polar surface area (TPSA) is 8.17 Å². The quantitative estimate of drug-likeness (QED) is 0.223. The van der Waals surface area contributed by atoms with Gasteiger partial charge in [-0.2, -0.15) is 0 Å². The van der Waals surface area contributed by atoms with E-state index >= 15 is 0 Å². The van der Waals surface area contributed by atoms with Crippen LogP contribution < -0.4 is 21.3 Å². The number of fused-ring (bicyclic) bond motifs is 5. The molecule has 5 aromatic carbocycles. The number of aromatic nitrogens is 1. The SMILES string of the molecule is CC1CC=Cc2c1n(-c1ccc(B3c4ccccc4N(c4ccccc4)c4ccccc43)cc1)c1ccccc21. The van der Waals surface area contributed by atoms with Gasteiger partial charge in [0.15, 0.2) is 0 Å². The molecule has 3 heteroatoms. The summed E-state index contributed by atoms with van der Waals surface area (Å²) in [5, 5.41) is 1.33. The van der Waals surface area contributed by atoms with Crippen LogP contribution in [0.3, 0.4) is 0 Å². The fourth-order valence-corrected chi connectivity index (χ4v) is 6.92. The van der Waals surface area contributed by atoms with Crippen molar-refractivity contribution in [2.75, 3.05) is 4.90 Å². The highest BCUT2D eigenvalue weighted by Crippen LogP contribution is 2.39. The van der Waals surface area contributed by atoms with E-state index in [9.17, 15) is 0 Å². The van der Waals surface area contributed by atoms with Crippen molar-refractivity contribution in [3.8, 4) is 5.69 Å². The van der Waals surface area contributed by atoms with Crippen LogP contribution in [0.2, 0.25) is 0 Å². The van der Waals surface area contributed by atoms with Gasteiger partial charge in [-0.15, -0.1) is 0 Å². The maximum Gasteiger partial charge on any atom is 0.246 e. The van der Waals surface area contributed by atoms with Crippen LogP contribution in [0.4, 0.5) is 17.1 Å². The summed E-state index contributed by atoms with van der Waals surface area (Å²) in [6, 6.07) is 46.6. The minimum absolute atomic E-state index is 0.165. The van der Waals surface area contributed by atoms with E-state index in [1.165, 1.54) is 61.3 Å². The zero-order valence-corrected chi connectivity index (χ0v) is 22.5. The third-order valence-electron chi connectivity index (χ3n) is 8.67. The predicted octanol–water partition coefficient (Wildman–Crippen LogP) is 7.45. The van der Waals surface area contributed by atoms with Crippen LogP contribution in [-0.2, 0) is 0 Å². The summed E-state index contributed by atoms with van der Waals surface area (Å²) < 4.78 is 2.49. The van der Waals surface area contributed by atoms with Crippen LogP contribution in [0.15, 0.2) is 133 Å². The third kappa shape index (κ3) is 3.44. The number of para-hydroxylation sites is 4. The highest BCUT2D eigenvalue weighted by molar-refractivity contribution is 6.98. The molecule has 0 spiro atoms. The Balaban J connectivity index is 1.28. The van der Waals surface area contributed by atoms with Gasteiger partial charge in [0.2, 0.25) is 6.71 Å². The molecule has 0 amide bonds. The molecule has 40 heavy (non-hydrogen) atoms. The average molecular weight is 512 g/mol. The van der Waals surface area contributed by atoms with Crippen LogP contribution in [0.5, 0.6) is 0 Å². The van der Waals surface area contributed by atoms with E-state index in [4.69, 9.17) is 0 Å². The Kier molecular flexibility index (Phi) is 5.31. The number of benzene rings is 5. The van der Waals surface area contributed by atoms with Crippen molar-refractivity contribution in [1.29, 1.82) is 0 Å². The Hall–Kier alpha value is -4.76. The van der Waals surface area contributed by atoms with Gasteiger partial charge in [0.05, 0.1) is 5.52 Å². The summed E-state index contributed by atoms with van der Waals surface area (Å²) in [4.78, 5) is 2.41. The predicted molar refractivity (Wildman–Crippen MR) is 171 cm³/mol. The lowest BCUT2D eigenvalue weighted by Gasteiger charge is -2.37. The average Bonchev–Trinajstić information content (AvgIpc) is 3.36. The van der Waals surface area contributed by atoms with E-state index in [1.54, 1.807) is 0 Å². The first-order chi connectivity index (χ1) is 19.8. The van der Waals surface area contributed by atoms with Crippen LogP contribution in [0, 0.1) is 0 Å². The Morgan fingerprint density at radius 2 is 1.25 bits per heavy atom. The monoisotopic (exact) mass is 512 g/mol. The van der Waals surface area contributed by atoms with Crippen LogP contribution >= 0.6 is 0 Å². The molecule has 2 nitrogen and oxygen atoms in total. The van der Waals surface area contributed by atoms with Gasteiger partial charge < -0.3 is 9.47 Å². The number of rotatable bonds is 3. The van der Waals surface area contributed by atoms with Gasteiger partial charge >= 0.3 is 0 Å². The number of allylic oxidation sites excluding steroid dienone is 1. The van der Waals surface area contributed by atoms with E-state index in [0.29, 0.717) is 5.92 Å². The van der Waals surface area contributed by atoms with E-state index in [2.05, 4.69) is 156 Å². The second-order valence-electron chi connectivity index (χ2n) is 11.0. The molecule has 0 fully saturated rings. The molecule has 2 aliphatic rings. The first-order valence-electron chi connectivity index (χ1n) is 14.2. The van der Waals surface area contributed by atoms with E-state index < -0.39 is 0 Å². The van der Waals surface area contributed by atoms with E-state index in [1.807, 2.05) is 0 Å². The first kappa shape index (κ1) is 23.2. The molecule has 1 atom stereocenters. The molecule has 0 N–H and O–H groups in total. The van der Waals surface area contributed by atoms with Gasteiger partial charge in [0, 0.05) is 45.3 Å². The second-order valence-corrected chi connectivity index (χ2v) is 11.0. The van der Waals surface area contributed by atoms with Crippen molar-refractivity contribution < 1.29 is 0 Å². The molecular weight excluding hydrogens is 483 g/mol. The standard InChI is InChI=1S/C37H29BN2/c1-26-12-11-16-31-30-15-5-8-19-34(30)40(37(26)31)29-24-22-27(23-25-29)38-32-17-6-9-20-35(32)39(28-13-3-2-4-14-28)36-21-10-7-18-33(36)38/h2-11,13-26H,12H2,1H3. The van der Waals surface area contributed by atoms with Crippen molar-refractivity contribution in [2.24, 2.45) is 0 Å². The van der Waals surface area contributed by atoms with Crippen LogP contribution in [-0.4, -0.2) is 11.3 Å². The lowest BCUT2D eigenvalue weighted by Crippen LogP contribution is -2.57. The van der Waals surface area contributed by atoms with Crippen molar-refractivity contribution in [2.45, 2.75) is 19.3 Å². The molecule has 8 rings (SSSR count). The molecule has 0 radical (unpaired) electrons. The maximum atomic E-state index is 2.49. The molecule has 1 aliphatic carbocycles. The highest BCUT2D eigenvalue weighted by Gasteiger charge is 2.34. The summed E-state index contributed by atoms with van der Waals surface area (Å²) >= 11 is 0. The van der Waals surface area contributed by atoms with Gasteiger partial charge in [-0.05, 0) is 59.8 Å². The Morgan fingerprint density at radius 3 is 1.98 bits per heavy atom. The number of hydrogen-bond acceptors (Lipinski definition) is 1. The van der Waals surface area contributed by atoms with Gasteiger partial charge in [-0.3, -0.25) is 0 Å². The molecule has 1 unspecified atom stereocenters. The number of nitrogens with zero attached hydrogens (tertiary/aromatic N) is 2. The lowest BCUT2D eigenvalue weighted by atomic mass is 9.35. The molecule has 6 aromatic rings. The molecule has 0 saturated heterocycles. The van der Waals surface area contributed by atoms with Crippen molar-refractivity contribution in [3.63, 3.8) is 0 Å². The molecule has 0 bridgehead atoms. The van der Waals surface area contributed by atoms with Gasteiger partial charge in [0.25, 0.3) is 0 Å². The minimum Gasteiger partial charge on any atom is -0.313 e. The summed E-state index contributed by atoms with van der Waals surface area (Å²) in [7, 11) is 0. The van der Waals surface area contributed by atoms with E-state index in [0.717, 1.165) is 6.42 Å².